The molecule has 0 bridgehead atoms. The summed E-state index contributed by atoms with van der Waals surface area (Å²) in [6, 6.07) is 3.90. The molecule has 1 aromatic carbocycles. The number of hydrogen-bond acceptors (Lipinski definition) is 10. The molecule has 1 saturated heterocycles. The summed E-state index contributed by atoms with van der Waals surface area (Å²) >= 11 is 3.52. The Morgan fingerprint density at radius 3 is 2.52 bits per heavy atom. The first-order chi connectivity index (χ1) is 20.8. The summed E-state index contributed by atoms with van der Waals surface area (Å²) in [5, 5.41) is 2.66. The van der Waals surface area contributed by atoms with E-state index in [0.717, 1.165) is 4.31 Å². The highest BCUT2D eigenvalue weighted by Crippen LogP contribution is 2.46. The highest BCUT2D eigenvalue weighted by atomic mass is 79.9. The van der Waals surface area contributed by atoms with Crippen molar-refractivity contribution in [2.75, 3.05) is 26.0 Å². The molecule has 3 fully saturated rings. The number of halogens is 1. The van der Waals surface area contributed by atoms with Crippen molar-refractivity contribution >= 4 is 58.7 Å². The van der Waals surface area contributed by atoms with E-state index in [9.17, 15) is 26.4 Å². The molecule has 13 nitrogen and oxygen atoms in total. The van der Waals surface area contributed by atoms with E-state index < -0.39 is 60.7 Å². The topological polar surface area (TPSA) is 170 Å². The van der Waals surface area contributed by atoms with E-state index in [-0.39, 0.29) is 31.0 Å². The van der Waals surface area contributed by atoms with Crippen molar-refractivity contribution in [3.8, 4) is 17.4 Å². The van der Waals surface area contributed by atoms with E-state index in [1.165, 1.54) is 20.1 Å². The van der Waals surface area contributed by atoms with Crippen LogP contribution in [0.2, 0.25) is 0 Å². The second kappa shape index (κ2) is 12.1. The third-order valence-corrected chi connectivity index (χ3v) is 12.6. The van der Waals surface area contributed by atoms with Gasteiger partial charge in [-0.15, -0.1) is 6.58 Å². The lowest BCUT2D eigenvalue weighted by atomic mass is 10.1. The van der Waals surface area contributed by atoms with Crippen molar-refractivity contribution < 1.29 is 40.6 Å². The number of carbonyl (C=O) groups excluding carboxylic acids is 2. The van der Waals surface area contributed by atoms with Crippen LogP contribution in [0, 0.1) is 5.92 Å². The summed E-state index contributed by atoms with van der Waals surface area (Å²) in [6.45, 7) is 7.21. The smallest absolute Gasteiger partial charge is 0.259 e. The Morgan fingerprint density at radius 1 is 1.20 bits per heavy atom. The van der Waals surface area contributed by atoms with Gasteiger partial charge in [0.1, 0.15) is 29.2 Å². The predicted octanol–water partition coefficient (Wildman–Crippen LogP) is 2.25. The second-order valence-corrected chi connectivity index (χ2v) is 16.0. The standard InChI is InChI=1S/C28H35BrN4O9S2/c1-5-16-14-28(16,27(35)32-44(38,39)18-8-9-18)31-26(34)20-12-17(15-33(20)43(36,37)7-3)42-22-13-23(41-6-2)30-25-19(22)10-11-21(40-4)24(25)29/h5,10-11,13,16-18,20H,1,6-9,12,14-15H2,2-4H3,(H,31,34)(H,32,35)/t16?,17-,20+,28-/m1/s1. The molecular formula is C28H35BrN4O9S2. The molecule has 0 radical (unpaired) electrons. The maximum atomic E-state index is 13.7. The number of aromatic nitrogens is 1. The molecule has 2 saturated carbocycles. The average Bonchev–Trinajstić information content (AvgIpc) is 3.90. The molecule has 2 heterocycles. The minimum Gasteiger partial charge on any atom is -0.495 e. The van der Waals surface area contributed by atoms with Crippen LogP contribution in [0.25, 0.3) is 10.9 Å². The Balaban J connectivity index is 1.42. The van der Waals surface area contributed by atoms with E-state index in [2.05, 4.69) is 37.5 Å². The summed E-state index contributed by atoms with van der Waals surface area (Å²) in [6.07, 6.45) is 1.77. The van der Waals surface area contributed by atoms with Gasteiger partial charge < -0.3 is 19.5 Å². The molecule has 44 heavy (non-hydrogen) atoms. The van der Waals surface area contributed by atoms with Crippen molar-refractivity contribution in [1.82, 2.24) is 19.3 Å². The molecule has 1 aliphatic heterocycles. The zero-order chi connectivity index (χ0) is 32.0. The third-order valence-electron chi connectivity index (χ3n) is 8.12. The van der Waals surface area contributed by atoms with Crippen LogP contribution < -0.4 is 24.2 Å². The van der Waals surface area contributed by atoms with Gasteiger partial charge in [0.25, 0.3) is 5.91 Å². The zero-order valence-corrected chi connectivity index (χ0v) is 27.8. The highest BCUT2D eigenvalue weighted by molar-refractivity contribution is 9.10. The highest BCUT2D eigenvalue weighted by Gasteiger charge is 2.62. The summed E-state index contributed by atoms with van der Waals surface area (Å²) in [5.74, 6) is -1.15. The van der Waals surface area contributed by atoms with Crippen LogP contribution in [-0.2, 0) is 29.6 Å². The Labute approximate surface area is 264 Å². The number of sulfonamides is 2. The normalized spacial score (nSPS) is 25.3. The first-order valence-electron chi connectivity index (χ1n) is 14.3. The van der Waals surface area contributed by atoms with Crippen molar-refractivity contribution in [1.29, 1.82) is 0 Å². The fraction of sp³-hybridized carbons (Fsp3) is 0.536. The van der Waals surface area contributed by atoms with Gasteiger partial charge >= 0.3 is 0 Å². The SMILES string of the molecule is C=CC1C[C@]1(NC(=O)[C@@H]1C[C@@H](Oc2cc(OCC)nc3c(Br)c(OC)ccc23)CN1S(=O)(=O)CC)C(=O)NS(=O)(=O)C1CC1. The van der Waals surface area contributed by atoms with E-state index in [4.69, 9.17) is 14.2 Å². The van der Waals surface area contributed by atoms with Crippen LogP contribution in [0.1, 0.15) is 39.5 Å². The number of amides is 2. The van der Waals surface area contributed by atoms with Gasteiger partial charge in [0, 0.05) is 23.8 Å². The monoisotopic (exact) mass is 714 g/mol. The number of fused-ring (bicyclic) bond motifs is 1. The van der Waals surface area contributed by atoms with Crippen molar-refractivity contribution in [2.24, 2.45) is 5.92 Å². The molecule has 5 rings (SSSR count). The molecule has 3 aliphatic rings. The van der Waals surface area contributed by atoms with Crippen molar-refractivity contribution in [3.05, 3.63) is 35.3 Å². The lowest BCUT2D eigenvalue weighted by molar-refractivity contribution is -0.131. The van der Waals surface area contributed by atoms with Crippen LogP contribution >= 0.6 is 15.9 Å². The third kappa shape index (κ3) is 6.13. The zero-order valence-electron chi connectivity index (χ0n) is 24.5. The predicted molar refractivity (Wildman–Crippen MR) is 165 cm³/mol. The molecule has 2 amide bonds. The molecular weight excluding hydrogens is 680 g/mol. The Bertz CT molecular complexity index is 1720. The summed E-state index contributed by atoms with van der Waals surface area (Å²) < 4.78 is 72.4. The lowest BCUT2D eigenvalue weighted by Crippen LogP contribution is -2.56. The first-order valence-corrected chi connectivity index (χ1v) is 18.2. The summed E-state index contributed by atoms with van der Waals surface area (Å²) in [7, 11) is -6.22. The maximum absolute atomic E-state index is 13.7. The Kier molecular flexibility index (Phi) is 8.92. The van der Waals surface area contributed by atoms with E-state index >= 15 is 0 Å². The first kappa shape index (κ1) is 32.4. The second-order valence-electron chi connectivity index (χ2n) is 11.0. The molecule has 240 valence electrons. The van der Waals surface area contributed by atoms with Gasteiger partial charge in [-0.3, -0.25) is 14.3 Å². The molecule has 2 N–H and O–H groups in total. The number of nitrogens with zero attached hydrogens (tertiary/aromatic N) is 2. The van der Waals surface area contributed by atoms with E-state index in [0.29, 0.717) is 46.3 Å². The van der Waals surface area contributed by atoms with Gasteiger partial charge in [-0.25, -0.2) is 21.8 Å². The number of methoxy groups -OCH3 is 1. The van der Waals surface area contributed by atoms with Gasteiger partial charge in [0.15, 0.2) is 0 Å². The van der Waals surface area contributed by atoms with Crippen LogP contribution in [-0.4, -0.2) is 86.9 Å². The Morgan fingerprint density at radius 2 is 1.93 bits per heavy atom. The molecule has 2 aromatic rings. The van der Waals surface area contributed by atoms with Crippen LogP contribution in [0.5, 0.6) is 17.4 Å². The van der Waals surface area contributed by atoms with Crippen molar-refractivity contribution in [3.63, 3.8) is 0 Å². The van der Waals surface area contributed by atoms with Gasteiger partial charge in [-0.05, 0) is 61.2 Å². The number of benzene rings is 1. The van der Waals surface area contributed by atoms with E-state index in [1.807, 2.05) is 6.92 Å². The van der Waals surface area contributed by atoms with Gasteiger partial charge in [0.05, 0.1) is 41.3 Å². The summed E-state index contributed by atoms with van der Waals surface area (Å²) in [4.78, 5) is 31.5. The molecule has 1 unspecified atom stereocenters. The number of hydrogen-bond donors (Lipinski definition) is 2. The van der Waals surface area contributed by atoms with Crippen molar-refractivity contribution in [2.45, 2.75) is 62.5 Å². The minimum absolute atomic E-state index is 0.0208. The van der Waals surface area contributed by atoms with Gasteiger partial charge in [-0.1, -0.05) is 6.08 Å². The van der Waals surface area contributed by atoms with Gasteiger partial charge in [0.2, 0.25) is 31.8 Å². The molecule has 2 aliphatic carbocycles. The van der Waals surface area contributed by atoms with Crippen LogP contribution in [0.4, 0.5) is 0 Å². The average molecular weight is 716 g/mol. The fourth-order valence-corrected chi connectivity index (χ4v) is 8.68. The molecule has 16 heteroatoms. The van der Waals surface area contributed by atoms with Crippen LogP contribution in [0.15, 0.2) is 35.3 Å². The Hall–Kier alpha value is -2.95. The number of nitrogens with one attached hydrogen (secondary N) is 2. The van der Waals surface area contributed by atoms with Crippen LogP contribution in [0.3, 0.4) is 0 Å². The van der Waals surface area contributed by atoms with Gasteiger partial charge in [-0.2, -0.15) is 4.31 Å². The molecule has 0 spiro atoms. The minimum atomic E-state index is -3.88. The lowest BCUT2D eigenvalue weighted by Gasteiger charge is -2.25. The van der Waals surface area contributed by atoms with E-state index in [1.54, 1.807) is 18.2 Å². The number of pyridine rings is 1. The largest absolute Gasteiger partial charge is 0.495 e. The number of rotatable bonds is 13. The number of ether oxygens (including phenoxy) is 3. The summed E-state index contributed by atoms with van der Waals surface area (Å²) in [5.41, 5.74) is -1.03. The fourth-order valence-electron chi connectivity index (χ4n) is 5.43. The molecule has 4 atom stereocenters. The molecule has 1 aromatic heterocycles. The quantitative estimate of drug-likeness (QED) is 0.294. The number of carbonyl (C=O) groups is 2. The maximum Gasteiger partial charge on any atom is 0.259 e.